The van der Waals surface area contributed by atoms with Crippen molar-refractivity contribution >= 4 is 0 Å². The number of aryl methyl sites for hydroxylation is 1. The van der Waals surface area contributed by atoms with Crippen LogP contribution in [0.4, 0.5) is 0 Å². The molecule has 4 nitrogen and oxygen atoms in total. The summed E-state index contributed by atoms with van der Waals surface area (Å²) in [5.41, 5.74) is 2.87. The fourth-order valence-electron chi connectivity index (χ4n) is 2.57. The average molecular weight is 260 g/mol. The quantitative estimate of drug-likeness (QED) is 0.763. The van der Waals surface area contributed by atoms with E-state index in [1.807, 2.05) is 11.6 Å². The number of hydrogen-bond acceptors (Lipinski definition) is 3. The highest BCUT2D eigenvalue weighted by molar-refractivity contribution is 5.13. The normalized spacial score (nSPS) is 19.6. The first kappa shape index (κ1) is 14.0. The third-order valence-electron chi connectivity index (χ3n) is 3.89. The minimum Gasteiger partial charge on any atom is -0.320 e. The van der Waals surface area contributed by atoms with Gasteiger partial charge in [0, 0.05) is 13.6 Å². The molecule has 1 aliphatic rings. The molecule has 1 atom stereocenters. The van der Waals surface area contributed by atoms with E-state index in [4.69, 9.17) is 0 Å². The molecule has 0 saturated heterocycles. The van der Waals surface area contributed by atoms with Gasteiger partial charge in [0.1, 0.15) is 12.2 Å². The van der Waals surface area contributed by atoms with Crippen molar-refractivity contribution < 1.29 is 0 Å². The van der Waals surface area contributed by atoms with Crippen LogP contribution in [0.5, 0.6) is 0 Å². The van der Waals surface area contributed by atoms with E-state index in [0.717, 1.165) is 25.3 Å². The fourth-order valence-corrected chi connectivity index (χ4v) is 2.57. The Morgan fingerprint density at radius 1 is 1.53 bits per heavy atom. The second-order valence-electron chi connectivity index (χ2n) is 5.71. The largest absolute Gasteiger partial charge is 0.320 e. The molecule has 0 unspecified atom stereocenters. The minimum absolute atomic E-state index is 0.688. The van der Waals surface area contributed by atoms with Gasteiger partial charge in [0.25, 0.3) is 0 Å². The number of rotatable bonds is 5. The summed E-state index contributed by atoms with van der Waals surface area (Å²) in [7, 11) is 4.13. The lowest BCUT2D eigenvalue weighted by Gasteiger charge is -2.25. The molecule has 0 radical (unpaired) electrons. The van der Waals surface area contributed by atoms with Gasteiger partial charge in [-0.2, -0.15) is 0 Å². The van der Waals surface area contributed by atoms with Gasteiger partial charge in [-0.05, 0) is 39.2 Å². The zero-order valence-corrected chi connectivity index (χ0v) is 12.3. The highest BCUT2D eigenvalue weighted by Crippen LogP contribution is 2.28. The zero-order chi connectivity index (χ0) is 13.8. The van der Waals surface area contributed by atoms with E-state index < -0.39 is 0 Å². The second-order valence-corrected chi connectivity index (χ2v) is 5.71. The maximum atomic E-state index is 4.12. The molecule has 1 aliphatic carbocycles. The molecule has 4 heteroatoms. The molecule has 104 valence electrons. The van der Waals surface area contributed by atoms with Crippen LogP contribution in [0, 0.1) is 5.92 Å². The Labute approximate surface area is 115 Å². The SMILES string of the molecule is C=C(C)[C@@H]1CC=C(CN(C)Cc2nncn2C)CC1. The summed E-state index contributed by atoms with van der Waals surface area (Å²) < 4.78 is 1.98. The first-order valence-corrected chi connectivity index (χ1v) is 6.91. The molecule has 0 amide bonds. The van der Waals surface area contributed by atoms with Crippen LogP contribution in [0.2, 0.25) is 0 Å². The van der Waals surface area contributed by atoms with Gasteiger partial charge in [-0.1, -0.05) is 23.8 Å². The van der Waals surface area contributed by atoms with Crippen LogP contribution < -0.4 is 0 Å². The predicted molar refractivity (Wildman–Crippen MR) is 77.6 cm³/mol. The van der Waals surface area contributed by atoms with Crippen LogP contribution in [0.1, 0.15) is 32.0 Å². The summed E-state index contributed by atoms with van der Waals surface area (Å²) in [6, 6.07) is 0. The maximum absolute atomic E-state index is 4.12. The van der Waals surface area contributed by atoms with E-state index in [9.17, 15) is 0 Å². The lowest BCUT2D eigenvalue weighted by Crippen LogP contribution is -2.24. The maximum Gasteiger partial charge on any atom is 0.146 e. The summed E-state index contributed by atoms with van der Waals surface area (Å²) in [4.78, 5) is 2.30. The van der Waals surface area contributed by atoms with E-state index in [2.05, 4.69) is 41.7 Å². The highest BCUT2D eigenvalue weighted by atomic mass is 15.3. The predicted octanol–water partition coefficient (Wildman–Crippen LogP) is 2.55. The molecule has 0 N–H and O–H groups in total. The number of allylic oxidation sites excluding steroid dienone is 2. The summed E-state index contributed by atoms with van der Waals surface area (Å²) >= 11 is 0. The molecule has 19 heavy (non-hydrogen) atoms. The minimum atomic E-state index is 0.688. The van der Waals surface area contributed by atoms with E-state index in [1.165, 1.54) is 18.4 Å². The van der Waals surface area contributed by atoms with Gasteiger partial charge in [0.15, 0.2) is 0 Å². The first-order valence-electron chi connectivity index (χ1n) is 6.91. The summed E-state index contributed by atoms with van der Waals surface area (Å²) in [5, 5.41) is 8.04. The topological polar surface area (TPSA) is 34.0 Å². The van der Waals surface area contributed by atoms with Crippen LogP contribution in [-0.2, 0) is 13.6 Å². The molecule has 1 aromatic rings. The Morgan fingerprint density at radius 2 is 2.32 bits per heavy atom. The van der Waals surface area contributed by atoms with Crippen molar-refractivity contribution in [3.8, 4) is 0 Å². The Hall–Kier alpha value is -1.42. The first-order chi connectivity index (χ1) is 9.06. The van der Waals surface area contributed by atoms with Crippen LogP contribution in [0.3, 0.4) is 0 Å². The van der Waals surface area contributed by atoms with Crippen LogP contribution in [0.25, 0.3) is 0 Å². The van der Waals surface area contributed by atoms with Gasteiger partial charge < -0.3 is 4.57 Å². The Bertz CT molecular complexity index is 472. The molecule has 1 heterocycles. The number of aromatic nitrogens is 3. The smallest absolute Gasteiger partial charge is 0.146 e. The Morgan fingerprint density at radius 3 is 2.84 bits per heavy atom. The lowest BCUT2D eigenvalue weighted by molar-refractivity contribution is 0.331. The molecule has 1 aromatic heterocycles. The average Bonchev–Trinajstić information content (AvgIpc) is 2.75. The third kappa shape index (κ3) is 3.77. The van der Waals surface area contributed by atoms with E-state index in [-0.39, 0.29) is 0 Å². The number of nitrogens with zero attached hydrogens (tertiary/aromatic N) is 4. The molecular weight excluding hydrogens is 236 g/mol. The molecule has 0 aliphatic heterocycles. The second kappa shape index (κ2) is 6.15. The van der Waals surface area contributed by atoms with E-state index in [0.29, 0.717) is 5.92 Å². The molecule has 0 bridgehead atoms. The van der Waals surface area contributed by atoms with Gasteiger partial charge in [0.2, 0.25) is 0 Å². The molecule has 0 fully saturated rings. The van der Waals surface area contributed by atoms with Crippen molar-refractivity contribution in [3.63, 3.8) is 0 Å². The van der Waals surface area contributed by atoms with E-state index >= 15 is 0 Å². The van der Waals surface area contributed by atoms with Crippen molar-refractivity contribution in [3.05, 3.63) is 36.0 Å². The summed E-state index contributed by atoms with van der Waals surface area (Å²) in [6.45, 7) is 8.08. The van der Waals surface area contributed by atoms with Crippen molar-refractivity contribution in [1.29, 1.82) is 0 Å². The molecule has 0 saturated carbocycles. The molecular formula is C15H24N4. The molecule has 2 rings (SSSR count). The Balaban J connectivity index is 1.85. The molecule has 0 aromatic carbocycles. The van der Waals surface area contributed by atoms with Crippen molar-refractivity contribution in [2.75, 3.05) is 13.6 Å². The highest BCUT2D eigenvalue weighted by Gasteiger charge is 2.16. The van der Waals surface area contributed by atoms with Crippen LogP contribution >= 0.6 is 0 Å². The van der Waals surface area contributed by atoms with E-state index in [1.54, 1.807) is 11.9 Å². The monoisotopic (exact) mass is 260 g/mol. The van der Waals surface area contributed by atoms with Gasteiger partial charge in [-0.25, -0.2) is 0 Å². The van der Waals surface area contributed by atoms with Gasteiger partial charge in [-0.3, -0.25) is 4.90 Å². The van der Waals surface area contributed by atoms with Crippen molar-refractivity contribution in [1.82, 2.24) is 19.7 Å². The third-order valence-corrected chi connectivity index (χ3v) is 3.89. The van der Waals surface area contributed by atoms with Gasteiger partial charge in [0.05, 0.1) is 6.54 Å². The zero-order valence-electron chi connectivity index (χ0n) is 12.3. The van der Waals surface area contributed by atoms with Crippen molar-refractivity contribution in [2.24, 2.45) is 13.0 Å². The van der Waals surface area contributed by atoms with Crippen LogP contribution in [-0.4, -0.2) is 33.3 Å². The number of hydrogen-bond donors (Lipinski definition) is 0. The molecule has 0 spiro atoms. The van der Waals surface area contributed by atoms with Gasteiger partial charge in [-0.15, -0.1) is 10.2 Å². The fraction of sp³-hybridized carbons (Fsp3) is 0.600. The number of likely N-dealkylation sites (N-methyl/N-ethyl adjacent to an activating group) is 1. The van der Waals surface area contributed by atoms with Crippen LogP contribution in [0.15, 0.2) is 30.1 Å². The van der Waals surface area contributed by atoms with Crippen molar-refractivity contribution in [2.45, 2.75) is 32.7 Å². The summed E-state index contributed by atoms with van der Waals surface area (Å²) in [6.07, 6.45) is 7.75. The summed E-state index contributed by atoms with van der Waals surface area (Å²) in [5.74, 6) is 1.70. The lowest BCUT2D eigenvalue weighted by atomic mass is 9.85. The standard InChI is InChI=1S/C15H24N4/c1-12(2)14-7-5-13(6-8-14)9-18(3)10-15-17-16-11-19(15)4/h5,11,14H,1,6-10H2,2-4H3/t14-/m1/s1. The Kier molecular flexibility index (Phi) is 4.53. The van der Waals surface area contributed by atoms with Gasteiger partial charge >= 0.3 is 0 Å².